The zero-order valence-corrected chi connectivity index (χ0v) is 11.2. The maximum absolute atomic E-state index is 12.9. The van der Waals surface area contributed by atoms with E-state index in [4.69, 9.17) is 16.3 Å². The van der Waals surface area contributed by atoms with Gasteiger partial charge in [0.2, 0.25) is 0 Å². The van der Waals surface area contributed by atoms with E-state index < -0.39 is 5.82 Å². The summed E-state index contributed by atoms with van der Waals surface area (Å²) in [5.41, 5.74) is 0. The topological polar surface area (TPSA) is 47.0 Å². The number of nitrogens with zero attached hydrogens (tertiary/aromatic N) is 2. The zero-order valence-electron chi connectivity index (χ0n) is 9.61. The Bertz CT molecular complexity index is 535. The van der Waals surface area contributed by atoms with Gasteiger partial charge in [0.25, 0.3) is 5.19 Å². The molecule has 2 rings (SSSR count). The Morgan fingerprint density at radius 1 is 1.44 bits per heavy atom. The van der Waals surface area contributed by atoms with Gasteiger partial charge < -0.3 is 10.1 Å². The average Bonchev–Trinajstić information content (AvgIpc) is 2.78. The number of hydrogen-bond donors (Lipinski definition) is 1. The highest BCUT2D eigenvalue weighted by molar-refractivity contribution is 7.13. The van der Waals surface area contributed by atoms with Gasteiger partial charge >= 0.3 is 0 Å². The molecule has 96 valence electrons. The lowest BCUT2D eigenvalue weighted by molar-refractivity contribution is 0.471. The van der Waals surface area contributed by atoms with E-state index >= 15 is 0 Å². The van der Waals surface area contributed by atoms with Crippen LogP contribution in [0.3, 0.4) is 0 Å². The standard InChI is InChI=1S/C11H11ClFN3OS/c1-2-14-6-10-15-16-11(18-10)17-9-4-3-7(13)5-8(9)12/h3-5,14H,2,6H2,1H3. The number of rotatable bonds is 5. The molecular formula is C11H11ClFN3OS. The molecule has 0 aliphatic heterocycles. The fourth-order valence-corrected chi connectivity index (χ4v) is 2.11. The molecule has 1 heterocycles. The Morgan fingerprint density at radius 3 is 3.00 bits per heavy atom. The fourth-order valence-electron chi connectivity index (χ4n) is 1.23. The van der Waals surface area contributed by atoms with Crippen molar-refractivity contribution in [1.82, 2.24) is 15.5 Å². The van der Waals surface area contributed by atoms with Crippen molar-refractivity contribution < 1.29 is 9.13 Å². The fraction of sp³-hybridized carbons (Fsp3) is 0.273. The molecule has 18 heavy (non-hydrogen) atoms. The van der Waals surface area contributed by atoms with Crippen LogP contribution in [-0.2, 0) is 6.54 Å². The molecule has 0 fully saturated rings. The van der Waals surface area contributed by atoms with E-state index in [1.54, 1.807) is 0 Å². The Labute approximate surface area is 113 Å². The van der Waals surface area contributed by atoms with Crippen LogP contribution in [-0.4, -0.2) is 16.7 Å². The lowest BCUT2D eigenvalue weighted by atomic mass is 10.3. The molecule has 0 saturated carbocycles. The molecule has 0 unspecified atom stereocenters. The van der Waals surface area contributed by atoms with Crippen molar-refractivity contribution in [2.75, 3.05) is 6.54 Å². The molecule has 0 amide bonds. The summed E-state index contributed by atoms with van der Waals surface area (Å²) in [5, 5.41) is 12.4. The first kappa shape index (κ1) is 13.2. The highest BCUT2D eigenvalue weighted by atomic mass is 35.5. The minimum Gasteiger partial charge on any atom is -0.428 e. The molecule has 1 aromatic heterocycles. The Kier molecular flexibility index (Phi) is 4.46. The van der Waals surface area contributed by atoms with Gasteiger partial charge in [0, 0.05) is 6.54 Å². The van der Waals surface area contributed by atoms with E-state index in [2.05, 4.69) is 15.5 Å². The molecule has 0 aliphatic rings. The van der Waals surface area contributed by atoms with Crippen molar-refractivity contribution in [2.24, 2.45) is 0 Å². The Balaban J connectivity index is 2.06. The predicted molar refractivity (Wildman–Crippen MR) is 68.8 cm³/mol. The van der Waals surface area contributed by atoms with Gasteiger partial charge in [0.1, 0.15) is 16.6 Å². The van der Waals surface area contributed by atoms with Gasteiger partial charge in [-0.1, -0.05) is 35.0 Å². The van der Waals surface area contributed by atoms with E-state index in [0.717, 1.165) is 11.6 Å². The van der Waals surface area contributed by atoms with Crippen LogP contribution in [0.15, 0.2) is 18.2 Å². The van der Waals surface area contributed by atoms with Gasteiger partial charge in [0.05, 0.1) is 5.02 Å². The molecule has 7 heteroatoms. The smallest absolute Gasteiger partial charge is 0.299 e. The number of benzene rings is 1. The van der Waals surface area contributed by atoms with Crippen LogP contribution in [0.2, 0.25) is 5.02 Å². The summed E-state index contributed by atoms with van der Waals surface area (Å²) in [6.07, 6.45) is 0. The lowest BCUT2D eigenvalue weighted by Crippen LogP contribution is -2.11. The summed E-state index contributed by atoms with van der Waals surface area (Å²) in [7, 11) is 0. The van der Waals surface area contributed by atoms with Gasteiger partial charge in [-0.15, -0.1) is 5.10 Å². The largest absolute Gasteiger partial charge is 0.428 e. The van der Waals surface area contributed by atoms with Gasteiger partial charge in [-0.3, -0.25) is 0 Å². The van der Waals surface area contributed by atoms with Gasteiger partial charge in [-0.05, 0) is 24.7 Å². The first-order valence-electron chi connectivity index (χ1n) is 5.35. The minimum absolute atomic E-state index is 0.207. The van der Waals surface area contributed by atoms with Crippen molar-refractivity contribution in [2.45, 2.75) is 13.5 Å². The highest BCUT2D eigenvalue weighted by Crippen LogP contribution is 2.31. The van der Waals surface area contributed by atoms with Crippen molar-refractivity contribution in [1.29, 1.82) is 0 Å². The molecule has 0 saturated heterocycles. The van der Waals surface area contributed by atoms with Crippen LogP contribution >= 0.6 is 22.9 Å². The van der Waals surface area contributed by atoms with Gasteiger partial charge in [-0.25, -0.2) is 4.39 Å². The van der Waals surface area contributed by atoms with E-state index in [1.807, 2.05) is 6.92 Å². The number of aromatic nitrogens is 2. The first-order chi connectivity index (χ1) is 8.69. The number of hydrogen-bond acceptors (Lipinski definition) is 5. The van der Waals surface area contributed by atoms with Crippen LogP contribution in [0.25, 0.3) is 0 Å². The second-order valence-electron chi connectivity index (χ2n) is 3.42. The molecule has 2 aromatic rings. The predicted octanol–water partition coefficient (Wildman–Crippen LogP) is 3.23. The maximum atomic E-state index is 12.9. The number of halogens is 2. The van der Waals surface area contributed by atoms with E-state index in [0.29, 0.717) is 17.5 Å². The third kappa shape index (κ3) is 3.38. The second kappa shape index (κ2) is 6.08. The highest BCUT2D eigenvalue weighted by Gasteiger charge is 2.09. The molecule has 0 spiro atoms. The molecule has 0 radical (unpaired) electrons. The minimum atomic E-state index is -0.405. The molecule has 0 bridgehead atoms. The summed E-state index contributed by atoms with van der Waals surface area (Å²) in [6.45, 7) is 3.52. The molecule has 1 aromatic carbocycles. The molecular weight excluding hydrogens is 277 g/mol. The van der Waals surface area contributed by atoms with Crippen LogP contribution in [0.4, 0.5) is 4.39 Å². The molecule has 0 aliphatic carbocycles. The van der Waals surface area contributed by atoms with Crippen molar-refractivity contribution in [3.8, 4) is 10.9 Å². The summed E-state index contributed by atoms with van der Waals surface area (Å²) < 4.78 is 18.3. The average molecular weight is 288 g/mol. The van der Waals surface area contributed by atoms with Crippen LogP contribution < -0.4 is 10.1 Å². The van der Waals surface area contributed by atoms with Crippen LogP contribution in [0, 0.1) is 5.82 Å². The van der Waals surface area contributed by atoms with E-state index in [-0.39, 0.29) is 5.02 Å². The molecule has 4 nitrogen and oxygen atoms in total. The normalized spacial score (nSPS) is 10.6. The first-order valence-corrected chi connectivity index (χ1v) is 6.54. The number of ether oxygens (including phenoxy) is 1. The Morgan fingerprint density at radius 2 is 2.28 bits per heavy atom. The molecule has 1 N–H and O–H groups in total. The van der Waals surface area contributed by atoms with Gasteiger partial charge in [-0.2, -0.15) is 0 Å². The monoisotopic (exact) mass is 287 g/mol. The second-order valence-corrected chi connectivity index (χ2v) is 4.85. The lowest BCUT2D eigenvalue weighted by Gasteiger charge is -2.02. The Hall–Kier alpha value is -1.24. The quantitative estimate of drug-likeness (QED) is 0.917. The van der Waals surface area contributed by atoms with Crippen molar-refractivity contribution in [3.05, 3.63) is 34.0 Å². The van der Waals surface area contributed by atoms with Gasteiger partial charge in [0.15, 0.2) is 0 Å². The summed E-state index contributed by atoms with van der Waals surface area (Å²) in [5.74, 6) is -0.0401. The number of nitrogens with one attached hydrogen (secondary N) is 1. The van der Waals surface area contributed by atoms with Crippen LogP contribution in [0.5, 0.6) is 10.9 Å². The van der Waals surface area contributed by atoms with Crippen molar-refractivity contribution >= 4 is 22.9 Å². The SMILES string of the molecule is CCNCc1nnc(Oc2ccc(F)cc2Cl)s1. The zero-order chi connectivity index (χ0) is 13.0. The maximum Gasteiger partial charge on any atom is 0.299 e. The third-order valence-corrected chi connectivity index (χ3v) is 3.16. The van der Waals surface area contributed by atoms with E-state index in [9.17, 15) is 4.39 Å². The summed E-state index contributed by atoms with van der Waals surface area (Å²) >= 11 is 7.17. The summed E-state index contributed by atoms with van der Waals surface area (Å²) in [4.78, 5) is 0. The van der Waals surface area contributed by atoms with Crippen LogP contribution in [0.1, 0.15) is 11.9 Å². The molecule has 0 atom stereocenters. The summed E-state index contributed by atoms with van der Waals surface area (Å²) in [6, 6.07) is 3.93. The van der Waals surface area contributed by atoms with Crippen molar-refractivity contribution in [3.63, 3.8) is 0 Å². The third-order valence-electron chi connectivity index (χ3n) is 2.07. The van der Waals surface area contributed by atoms with E-state index in [1.165, 1.54) is 29.5 Å².